The molecular weight excluding hydrogens is 596 g/mol. The van der Waals surface area contributed by atoms with E-state index in [2.05, 4.69) is 21.3 Å². The van der Waals surface area contributed by atoms with E-state index in [4.69, 9.17) is 0 Å². The number of nitro benzene ring substituents is 1. The third kappa shape index (κ3) is 10.8. The summed E-state index contributed by atoms with van der Waals surface area (Å²) in [6.07, 6.45) is -0.611. The summed E-state index contributed by atoms with van der Waals surface area (Å²) in [5.74, 6) is -6.66. The second-order valence-corrected chi connectivity index (χ2v) is 10.7. The Labute approximate surface area is 258 Å². The van der Waals surface area contributed by atoms with Crippen LogP contribution in [0.3, 0.4) is 0 Å². The number of carboxylic acids is 2. The molecular formula is C28H38N6O11. The molecule has 0 spiro atoms. The van der Waals surface area contributed by atoms with E-state index in [0.717, 1.165) is 17.0 Å². The summed E-state index contributed by atoms with van der Waals surface area (Å²) in [6.45, 7) is 4.82. The van der Waals surface area contributed by atoms with Crippen molar-refractivity contribution in [1.29, 1.82) is 0 Å². The Morgan fingerprint density at radius 3 is 2.16 bits per heavy atom. The van der Waals surface area contributed by atoms with Crippen LogP contribution in [0.5, 0.6) is 0 Å². The Hall–Kier alpha value is -5.09. The maximum Gasteiger partial charge on any atom is 0.305 e. The van der Waals surface area contributed by atoms with Crippen LogP contribution in [0.2, 0.25) is 0 Å². The van der Waals surface area contributed by atoms with Crippen molar-refractivity contribution in [1.82, 2.24) is 20.9 Å². The second kappa shape index (κ2) is 16.7. The molecule has 0 unspecified atom stereocenters. The van der Waals surface area contributed by atoms with Gasteiger partial charge in [-0.15, -0.1) is 0 Å². The zero-order valence-corrected chi connectivity index (χ0v) is 25.1. The molecule has 246 valence electrons. The minimum Gasteiger partial charge on any atom is -0.481 e. The van der Waals surface area contributed by atoms with E-state index in [1.807, 2.05) is 0 Å². The zero-order chi connectivity index (χ0) is 33.8. The largest absolute Gasteiger partial charge is 0.481 e. The summed E-state index contributed by atoms with van der Waals surface area (Å²) in [4.78, 5) is 98.9. The van der Waals surface area contributed by atoms with Crippen LogP contribution in [0.15, 0.2) is 24.3 Å². The Kier molecular flexibility index (Phi) is 13.4. The number of anilines is 1. The van der Waals surface area contributed by atoms with Gasteiger partial charge in [0.1, 0.15) is 24.2 Å². The van der Waals surface area contributed by atoms with E-state index in [9.17, 15) is 53.9 Å². The van der Waals surface area contributed by atoms with E-state index < -0.39 is 83.4 Å². The minimum absolute atomic E-state index is 0.0649. The first kappa shape index (κ1) is 36.1. The molecule has 17 heteroatoms. The Balaban J connectivity index is 2.23. The number of nitrogens with one attached hydrogen (secondary N) is 4. The van der Waals surface area contributed by atoms with Crippen LogP contribution < -0.4 is 21.3 Å². The number of carbonyl (C=O) groups is 7. The lowest BCUT2D eigenvalue weighted by Crippen LogP contribution is -2.58. The average Bonchev–Trinajstić information content (AvgIpc) is 3.47. The minimum atomic E-state index is -1.58. The van der Waals surface area contributed by atoms with E-state index >= 15 is 0 Å². The number of rotatable bonds is 16. The van der Waals surface area contributed by atoms with Crippen molar-refractivity contribution in [3.05, 3.63) is 34.4 Å². The van der Waals surface area contributed by atoms with Gasteiger partial charge in [-0.2, -0.15) is 0 Å². The molecule has 1 fully saturated rings. The van der Waals surface area contributed by atoms with E-state index in [-0.39, 0.29) is 36.7 Å². The molecule has 1 saturated heterocycles. The molecule has 1 heterocycles. The second-order valence-electron chi connectivity index (χ2n) is 10.7. The number of nitrogens with zero attached hydrogens (tertiary/aromatic N) is 2. The molecule has 1 aliphatic heterocycles. The first-order valence-electron chi connectivity index (χ1n) is 14.3. The lowest BCUT2D eigenvalue weighted by atomic mass is 9.97. The summed E-state index contributed by atoms with van der Waals surface area (Å²) < 4.78 is 0. The quantitative estimate of drug-likeness (QED) is 0.107. The summed E-state index contributed by atoms with van der Waals surface area (Å²) in [5.41, 5.74) is -0.127. The van der Waals surface area contributed by atoms with Crippen LogP contribution in [-0.4, -0.2) is 92.2 Å². The van der Waals surface area contributed by atoms with Gasteiger partial charge in [-0.25, -0.2) is 0 Å². The molecule has 2 rings (SSSR count). The molecule has 0 radical (unpaired) electrons. The monoisotopic (exact) mass is 634 g/mol. The lowest BCUT2D eigenvalue weighted by Gasteiger charge is -2.31. The molecule has 1 aliphatic rings. The van der Waals surface area contributed by atoms with Gasteiger partial charge in [-0.05, 0) is 37.3 Å². The van der Waals surface area contributed by atoms with E-state index in [0.29, 0.717) is 12.8 Å². The SMILES string of the molecule is CC[C@H](C)[C@H](NC(C)=O)C(=O)N[C@H](CCC(=O)O)C(=O)N1CCC[C@@H]1C(=O)N[C@H](CC(=O)O)C(=O)Nc1ccc([N+](=O)[O-])cc1. The van der Waals surface area contributed by atoms with Gasteiger partial charge in [-0.1, -0.05) is 20.3 Å². The number of carboxylic acid groups (broad SMARTS) is 2. The molecule has 5 atom stereocenters. The van der Waals surface area contributed by atoms with Crippen molar-refractivity contribution in [2.75, 3.05) is 11.9 Å². The van der Waals surface area contributed by atoms with Crippen molar-refractivity contribution in [3.8, 4) is 0 Å². The molecule has 1 aromatic rings. The number of amides is 5. The molecule has 45 heavy (non-hydrogen) atoms. The van der Waals surface area contributed by atoms with Crippen molar-refractivity contribution >= 4 is 52.8 Å². The molecule has 0 aliphatic carbocycles. The van der Waals surface area contributed by atoms with Crippen LogP contribution in [0.25, 0.3) is 0 Å². The number of benzene rings is 1. The fourth-order valence-electron chi connectivity index (χ4n) is 4.76. The normalized spacial score (nSPS) is 16.8. The highest BCUT2D eigenvalue weighted by molar-refractivity contribution is 6.00. The molecule has 0 aromatic heterocycles. The first-order chi connectivity index (χ1) is 21.1. The van der Waals surface area contributed by atoms with E-state index in [1.165, 1.54) is 19.1 Å². The summed E-state index contributed by atoms with van der Waals surface area (Å²) in [6, 6.07) is -0.386. The van der Waals surface area contributed by atoms with Crippen LogP contribution in [-0.2, 0) is 33.6 Å². The van der Waals surface area contributed by atoms with Gasteiger partial charge in [0, 0.05) is 37.7 Å². The van der Waals surface area contributed by atoms with Crippen molar-refractivity contribution < 1.29 is 48.7 Å². The third-order valence-electron chi connectivity index (χ3n) is 7.31. The number of likely N-dealkylation sites (tertiary alicyclic amines) is 1. The fourth-order valence-corrected chi connectivity index (χ4v) is 4.76. The Morgan fingerprint density at radius 1 is 0.978 bits per heavy atom. The van der Waals surface area contributed by atoms with Crippen molar-refractivity contribution in [3.63, 3.8) is 0 Å². The topological polar surface area (TPSA) is 254 Å². The first-order valence-corrected chi connectivity index (χ1v) is 14.3. The van der Waals surface area contributed by atoms with Crippen LogP contribution >= 0.6 is 0 Å². The van der Waals surface area contributed by atoms with Crippen molar-refractivity contribution in [2.45, 2.75) is 83.5 Å². The fraction of sp³-hybridized carbons (Fsp3) is 0.536. The highest BCUT2D eigenvalue weighted by Crippen LogP contribution is 2.21. The molecule has 0 bridgehead atoms. The smallest absolute Gasteiger partial charge is 0.305 e. The highest BCUT2D eigenvalue weighted by atomic mass is 16.6. The summed E-state index contributed by atoms with van der Waals surface area (Å²) >= 11 is 0. The number of non-ortho nitro benzene ring substituents is 1. The highest BCUT2D eigenvalue weighted by Gasteiger charge is 2.40. The van der Waals surface area contributed by atoms with Gasteiger partial charge >= 0.3 is 11.9 Å². The lowest BCUT2D eigenvalue weighted by molar-refractivity contribution is -0.384. The third-order valence-corrected chi connectivity index (χ3v) is 7.31. The standard InChI is InChI=1S/C28H38N6O11/c1-4-15(2)24(29-16(3)35)27(42)31-19(11-12-22(36)37)28(43)33-13-5-6-21(33)26(41)32-20(14-23(38)39)25(40)30-17-7-9-18(10-8-17)34(44)45/h7-10,15,19-21,24H,4-6,11-14H2,1-3H3,(H,29,35)(H,30,40)(H,31,42)(H,32,41)(H,36,37)(H,38,39)/t15-,19+,20+,21+,24-/m0/s1. The maximum atomic E-state index is 13.6. The number of hydrogen-bond acceptors (Lipinski definition) is 9. The van der Waals surface area contributed by atoms with Crippen molar-refractivity contribution in [2.24, 2.45) is 5.92 Å². The molecule has 17 nitrogen and oxygen atoms in total. The predicted molar refractivity (Wildman–Crippen MR) is 157 cm³/mol. The molecule has 0 saturated carbocycles. The number of hydrogen-bond donors (Lipinski definition) is 6. The number of nitro groups is 1. The van der Waals surface area contributed by atoms with Gasteiger partial charge in [0.25, 0.3) is 5.69 Å². The van der Waals surface area contributed by atoms with Crippen LogP contribution in [0.1, 0.15) is 59.3 Å². The maximum absolute atomic E-state index is 13.6. The summed E-state index contributed by atoms with van der Waals surface area (Å²) in [7, 11) is 0. The van der Waals surface area contributed by atoms with Gasteiger partial charge < -0.3 is 36.4 Å². The van der Waals surface area contributed by atoms with Gasteiger partial charge in [-0.3, -0.25) is 43.7 Å². The molecule has 6 N–H and O–H groups in total. The Bertz CT molecular complexity index is 1300. The average molecular weight is 635 g/mol. The van der Waals surface area contributed by atoms with Gasteiger partial charge in [0.15, 0.2) is 0 Å². The molecule has 5 amide bonds. The van der Waals surface area contributed by atoms with Crippen LogP contribution in [0, 0.1) is 16.0 Å². The predicted octanol–water partition coefficient (Wildman–Crippen LogP) is 0.384. The van der Waals surface area contributed by atoms with Gasteiger partial charge in [0.05, 0.1) is 11.3 Å². The number of aliphatic carboxylic acids is 2. The number of carbonyl (C=O) groups excluding carboxylic acids is 5. The Morgan fingerprint density at radius 2 is 1.62 bits per heavy atom. The van der Waals surface area contributed by atoms with Crippen LogP contribution in [0.4, 0.5) is 11.4 Å². The molecule has 1 aromatic carbocycles. The van der Waals surface area contributed by atoms with E-state index in [1.54, 1.807) is 13.8 Å². The summed E-state index contributed by atoms with van der Waals surface area (Å²) in [5, 5.41) is 39.3. The zero-order valence-electron chi connectivity index (χ0n) is 25.1. The van der Waals surface area contributed by atoms with Gasteiger partial charge in [0.2, 0.25) is 29.5 Å².